The predicted octanol–water partition coefficient (Wildman–Crippen LogP) is 6.18. The Kier molecular flexibility index (Phi) is 6.29. The fourth-order valence-electron chi connectivity index (χ4n) is 4.26. The van der Waals surface area contributed by atoms with Crippen molar-refractivity contribution in [2.75, 3.05) is 20.7 Å². The summed E-state index contributed by atoms with van der Waals surface area (Å²) in [5.74, 6) is 2.18. The van der Waals surface area contributed by atoms with Gasteiger partial charge in [-0.05, 0) is 80.1 Å². The Morgan fingerprint density at radius 2 is 1.80 bits per heavy atom. The molecule has 0 aliphatic carbocycles. The van der Waals surface area contributed by atoms with Crippen LogP contribution in [0.25, 0.3) is 22.3 Å². The van der Waals surface area contributed by atoms with Crippen LogP contribution in [0.4, 0.5) is 9.18 Å². The third kappa shape index (κ3) is 4.65. The van der Waals surface area contributed by atoms with Crippen LogP contribution in [-0.4, -0.2) is 26.8 Å². The average molecular weight is 477 g/mol. The summed E-state index contributed by atoms with van der Waals surface area (Å²) >= 11 is 0. The second kappa shape index (κ2) is 9.68. The number of benzene rings is 3. The molecule has 2 N–H and O–H groups in total. The lowest BCUT2D eigenvalue weighted by Crippen LogP contribution is -2.22. The number of nitrogens with one attached hydrogen (secondary N) is 2. The number of hydrogen-bond acceptors (Lipinski definition) is 6. The number of carbonyl (C=O) groups excluding carboxylic acids is 1. The number of rotatable bonds is 6. The van der Waals surface area contributed by atoms with Crippen LogP contribution in [0.1, 0.15) is 24.4 Å². The largest absolute Gasteiger partial charge is 0.496 e. The van der Waals surface area contributed by atoms with E-state index >= 15 is 0 Å². The molecule has 1 saturated heterocycles. The number of carbonyl (C=O) groups is 1. The smallest absolute Gasteiger partial charge is 0.412 e. The minimum Gasteiger partial charge on any atom is -0.496 e. The van der Waals surface area contributed by atoms with E-state index in [1.807, 2.05) is 24.3 Å². The van der Waals surface area contributed by atoms with Crippen LogP contribution in [0.2, 0.25) is 0 Å². The van der Waals surface area contributed by atoms with E-state index < -0.39 is 6.09 Å². The Bertz CT molecular complexity index is 1340. The summed E-state index contributed by atoms with van der Waals surface area (Å²) in [6, 6.07) is 16.9. The van der Waals surface area contributed by atoms with Crippen molar-refractivity contribution >= 4 is 17.1 Å². The Labute approximate surface area is 201 Å². The molecule has 0 spiro atoms. The molecule has 1 aliphatic heterocycles. The highest BCUT2D eigenvalue weighted by Crippen LogP contribution is 2.44. The van der Waals surface area contributed by atoms with E-state index in [4.69, 9.17) is 18.6 Å². The van der Waals surface area contributed by atoms with Gasteiger partial charge in [0.25, 0.3) is 0 Å². The zero-order chi connectivity index (χ0) is 24.4. The van der Waals surface area contributed by atoms with Crippen LogP contribution in [-0.2, 0) is 0 Å². The maximum atomic E-state index is 13.2. The van der Waals surface area contributed by atoms with Crippen molar-refractivity contribution in [1.29, 1.82) is 0 Å². The first kappa shape index (κ1) is 22.7. The fraction of sp³-hybridized carbons (Fsp3) is 0.222. The quantitative estimate of drug-likeness (QED) is 0.346. The summed E-state index contributed by atoms with van der Waals surface area (Å²) in [6.07, 6.45) is 1.49. The van der Waals surface area contributed by atoms with Gasteiger partial charge in [0.15, 0.2) is 11.5 Å². The van der Waals surface area contributed by atoms with E-state index in [9.17, 15) is 9.18 Å². The molecule has 3 aromatic carbocycles. The number of methoxy groups -OCH3 is 1. The van der Waals surface area contributed by atoms with Gasteiger partial charge in [-0.1, -0.05) is 0 Å². The molecule has 8 heteroatoms. The van der Waals surface area contributed by atoms with E-state index in [0.717, 1.165) is 24.9 Å². The van der Waals surface area contributed by atoms with Gasteiger partial charge in [-0.3, -0.25) is 0 Å². The maximum Gasteiger partial charge on any atom is 0.412 e. The molecule has 0 radical (unpaired) electrons. The summed E-state index contributed by atoms with van der Waals surface area (Å²) in [5, 5.41) is 6.60. The minimum atomic E-state index is -0.606. The number of ether oxygens (including phenoxy) is 3. The molecule has 7 nitrogen and oxygen atoms in total. The maximum absolute atomic E-state index is 13.2. The summed E-state index contributed by atoms with van der Waals surface area (Å²) in [5.41, 5.74) is 2.30. The Morgan fingerprint density at radius 1 is 1.09 bits per heavy atom. The highest BCUT2D eigenvalue weighted by Gasteiger charge is 2.26. The zero-order valence-electron chi connectivity index (χ0n) is 19.4. The van der Waals surface area contributed by atoms with Crippen LogP contribution < -0.4 is 24.8 Å². The standard InChI is InChI=1S/C27H25FN2O5/c1-29-27(31)35-26-21-15-23(32-2)20(22-4-3-13-30-22)14-24(21)34-25(26)16-5-9-18(10-6-16)33-19-11-7-17(28)8-12-19/h5-12,14-15,22,30H,3-4,13H2,1-2H3,(H,29,31). The first-order valence-corrected chi connectivity index (χ1v) is 11.4. The van der Waals surface area contributed by atoms with E-state index in [0.29, 0.717) is 45.3 Å². The van der Waals surface area contributed by atoms with Crippen molar-refractivity contribution in [3.05, 3.63) is 72.0 Å². The van der Waals surface area contributed by atoms with Gasteiger partial charge in [-0.25, -0.2) is 9.18 Å². The third-order valence-electron chi connectivity index (χ3n) is 6.00. The molecular weight excluding hydrogens is 451 g/mol. The molecule has 0 bridgehead atoms. The summed E-state index contributed by atoms with van der Waals surface area (Å²) in [4.78, 5) is 12.2. The fourth-order valence-corrected chi connectivity index (χ4v) is 4.26. The lowest BCUT2D eigenvalue weighted by molar-refractivity contribution is 0.203. The zero-order valence-corrected chi connectivity index (χ0v) is 19.4. The van der Waals surface area contributed by atoms with Crippen LogP contribution in [0.5, 0.6) is 23.0 Å². The van der Waals surface area contributed by atoms with E-state index in [1.165, 1.54) is 19.2 Å². The lowest BCUT2D eigenvalue weighted by atomic mass is 10.0. The number of amides is 1. The van der Waals surface area contributed by atoms with Crippen molar-refractivity contribution in [2.24, 2.45) is 0 Å². The molecule has 2 heterocycles. The molecule has 1 atom stereocenters. The molecule has 5 rings (SSSR count). The van der Waals surface area contributed by atoms with E-state index in [2.05, 4.69) is 10.6 Å². The Hall–Kier alpha value is -4.04. The van der Waals surface area contributed by atoms with Crippen LogP contribution in [0.15, 0.2) is 65.1 Å². The highest BCUT2D eigenvalue weighted by atomic mass is 19.1. The second-order valence-electron chi connectivity index (χ2n) is 8.22. The average Bonchev–Trinajstić information content (AvgIpc) is 3.53. The molecule has 0 saturated carbocycles. The van der Waals surface area contributed by atoms with Gasteiger partial charge in [-0.2, -0.15) is 0 Å². The molecule has 1 amide bonds. The van der Waals surface area contributed by atoms with Gasteiger partial charge in [-0.15, -0.1) is 0 Å². The van der Waals surface area contributed by atoms with Crippen molar-refractivity contribution in [2.45, 2.75) is 18.9 Å². The van der Waals surface area contributed by atoms with Gasteiger partial charge in [0.05, 0.1) is 12.5 Å². The summed E-state index contributed by atoms with van der Waals surface area (Å²) < 4.78 is 36.5. The van der Waals surface area contributed by atoms with E-state index in [1.54, 1.807) is 31.4 Å². The molecule has 1 aromatic heterocycles. The lowest BCUT2D eigenvalue weighted by Gasteiger charge is -2.15. The van der Waals surface area contributed by atoms with Gasteiger partial charge >= 0.3 is 6.09 Å². The molecule has 1 aliphatic rings. The third-order valence-corrected chi connectivity index (χ3v) is 6.00. The molecule has 1 unspecified atom stereocenters. The Morgan fingerprint density at radius 3 is 2.43 bits per heavy atom. The van der Waals surface area contributed by atoms with Crippen LogP contribution >= 0.6 is 0 Å². The number of hydrogen-bond donors (Lipinski definition) is 2. The monoisotopic (exact) mass is 476 g/mol. The molecule has 4 aromatic rings. The van der Waals surface area contributed by atoms with Crippen LogP contribution in [0.3, 0.4) is 0 Å². The van der Waals surface area contributed by atoms with E-state index in [-0.39, 0.29) is 11.9 Å². The molecule has 180 valence electrons. The predicted molar refractivity (Wildman–Crippen MR) is 130 cm³/mol. The van der Waals surface area contributed by atoms with Gasteiger partial charge in [0, 0.05) is 24.2 Å². The molecule has 1 fully saturated rings. The van der Waals surface area contributed by atoms with Crippen molar-refractivity contribution in [1.82, 2.24) is 10.6 Å². The van der Waals surface area contributed by atoms with Gasteiger partial charge in [0.1, 0.15) is 28.6 Å². The first-order chi connectivity index (χ1) is 17.1. The Balaban J connectivity index is 1.54. The molecule has 35 heavy (non-hydrogen) atoms. The van der Waals surface area contributed by atoms with Crippen molar-refractivity contribution < 1.29 is 27.8 Å². The first-order valence-electron chi connectivity index (χ1n) is 11.4. The number of halogens is 1. The topological polar surface area (TPSA) is 82.0 Å². The second-order valence-corrected chi connectivity index (χ2v) is 8.22. The molecular formula is C27H25FN2O5. The van der Waals surface area contributed by atoms with Crippen LogP contribution in [0, 0.1) is 5.82 Å². The van der Waals surface area contributed by atoms with Gasteiger partial charge < -0.3 is 29.3 Å². The number of furan rings is 1. The summed E-state index contributed by atoms with van der Waals surface area (Å²) in [7, 11) is 3.12. The number of fused-ring (bicyclic) bond motifs is 1. The van der Waals surface area contributed by atoms with Gasteiger partial charge in [0.2, 0.25) is 0 Å². The normalized spacial score (nSPS) is 15.2. The highest BCUT2D eigenvalue weighted by molar-refractivity contribution is 5.95. The SMILES string of the molecule is CNC(=O)Oc1c(-c2ccc(Oc3ccc(F)cc3)cc2)oc2cc(C3CCCN3)c(OC)cc12. The summed E-state index contributed by atoms with van der Waals surface area (Å²) in [6.45, 7) is 0.951. The van der Waals surface area contributed by atoms with Crippen molar-refractivity contribution in [3.63, 3.8) is 0 Å². The minimum absolute atomic E-state index is 0.175. The van der Waals surface area contributed by atoms with Crippen molar-refractivity contribution in [3.8, 4) is 34.3 Å².